The zero-order chi connectivity index (χ0) is 17.6. The van der Waals surface area contributed by atoms with Gasteiger partial charge in [0.05, 0.1) is 26.4 Å². The van der Waals surface area contributed by atoms with Crippen LogP contribution < -0.4 is 0 Å². The van der Waals surface area contributed by atoms with E-state index >= 15 is 0 Å². The molecule has 0 radical (unpaired) electrons. The molecule has 0 saturated heterocycles. The first-order chi connectivity index (χ1) is 10.2. The Bertz CT molecular complexity index is 345. The summed E-state index contributed by atoms with van der Waals surface area (Å²) in [5, 5.41) is 15.0. The van der Waals surface area contributed by atoms with Crippen molar-refractivity contribution in [1.29, 1.82) is 0 Å². The van der Waals surface area contributed by atoms with Crippen LogP contribution in [0.2, 0.25) is 0 Å². The number of carboxylic acids is 1. The standard InChI is InChI=1S/C8H20O5P2S2.C2H4O3/c1-5-9-14(16,10-6-2)13-15(17,11-7-3)12-8-4;3-1-2(4)5/h5-8H2,1-4H3;3H,1H2,(H,4,5). The van der Waals surface area contributed by atoms with Crippen LogP contribution in [-0.2, 0) is 50.8 Å². The van der Waals surface area contributed by atoms with Crippen LogP contribution in [0.15, 0.2) is 0 Å². The smallest absolute Gasteiger partial charge is 0.334 e. The molecule has 0 spiro atoms. The fraction of sp³-hybridized carbons (Fsp3) is 0.900. The van der Waals surface area contributed by atoms with E-state index in [0.717, 1.165) is 0 Å². The first kappa shape index (κ1) is 24.8. The molecule has 22 heavy (non-hydrogen) atoms. The molecule has 2 N–H and O–H groups in total. The van der Waals surface area contributed by atoms with Crippen molar-refractivity contribution in [2.75, 3.05) is 33.0 Å². The molecule has 0 unspecified atom stereocenters. The molecule has 0 aliphatic carbocycles. The van der Waals surface area contributed by atoms with E-state index in [1.165, 1.54) is 0 Å². The van der Waals surface area contributed by atoms with Crippen LogP contribution >= 0.6 is 13.4 Å². The van der Waals surface area contributed by atoms with Gasteiger partial charge in [0.2, 0.25) is 0 Å². The van der Waals surface area contributed by atoms with Crippen LogP contribution in [0.3, 0.4) is 0 Å². The summed E-state index contributed by atoms with van der Waals surface area (Å²) in [5.74, 6) is -1.19. The van der Waals surface area contributed by atoms with Gasteiger partial charge in [-0.2, -0.15) is 0 Å². The predicted molar refractivity (Wildman–Crippen MR) is 90.9 cm³/mol. The van der Waals surface area contributed by atoms with Crippen molar-refractivity contribution in [2.45, 2.75) is 27.7 Å². The van der Waals surface area contributed by atoms with Crippen molar-refractivity contribution in [3.63, 3.8) is 0 Å². The third-order valence-electron chi connectivity index (χ3n) is 1.48. The number of aliphatic carboxylic acids is 1. The lowest BCUT2D eigenvalue weighted by Gasteiger charge is -2.27. The number of aliphatic hydroxyl groups excluding tert-OH is 1. The van der Waals surface area contributed by atoms with E-state index < -0.39 is 26.0 Å². The Hall–Kier alpha value is 0.530. The van der Waals surface area contributed by atoms with E-state index in [4.69, 9.17) is 61.0 Å². The lowest BCUT2D eigenvalue weighted by molar-refractivity contribution is -0.140. The molecule has 0 aromatic heterocycles. The number of hydrogen-bond acceptors (Lipinski definition) is 9. The largest absolute Gasteiger partial charge is 0.480 e. The van der Waals surface area contributed by atoms with Crippen LogP contribution in [0.5, 0.6) is 0 Å². The lowest BCUT2D eigenvalue weighted by atomic mass is 10.8. The molecule has 0 heterocycles. The highest BCUT2D eigenvalue weighted by molar-refractivity contribution is 8.14. The van der Waals surface area contributed by atoms with E-state index in [1.54, 1.807) is 0 Å². The summed E-state index contributed by atoms with van der Waals surface area (Å²) < 4.78 is 26.9. The molecule has 0 aliphatic rings. The lowest BCUT2D eigenvalue weighted by Crippen LogP contribution is -2.03. The van der Waals surface area contributed by atoms with E-state index in [0.29, 0.717) is 26.4 Å². The molecule has 0 saturated carbocycles. The second kappa shape index (κ2) is 13.9. The highest BCUT2D eigenvalue weighted by Gasteiger charge is 2.31. The number of aliphatic hydroxyl groups is 1. The number of rotatable bonds is 11. The maximum absolute atomic E-state index is 9.12. The van der Waals surface area contributed by atoms with Crippen LogP contribution in [0.1, 0.15) is 27.7 Å². The summed E-state index contributed by atoms with van der Waals surface area (Å²) in [6, 6.07) is 0. The Balaban J connectivity index is 0. The molecule has 8 nitrogen and oxygen atoms in total. The number of carbonyl (C=O) groups is 1. The molecule has 12 heteroatoms. The zero-order valence-corrected chi connectivity index (χ0v) is 16.5. The van der Waals surface area contributed by atoms with Crippen molar-refractivity contribution >= 4 is 43.0 Å². The normalized spacial score (nSPS) is 11.7. The highest BCUT2D eigenvalue weighted by Crippen LogP contribution is 2.66. The van der Waals surface area contributed by atoms with E-state index in [2.05, 4.69) is 0 Å². The monoisotopic (exact) mass is 398 g/mol. The molecule has 0 fully saturated rings. The fourth-order valence-corrected chi connectivity index (χ4v) is 7.30. The number of hydrogen-bond donors (Lipinski definition) is 2. The molecule has 0 aliphatic heterocycles. The maximum Gasteiger partial charge on any atom is 0.334 e. The minimum absolute atomic E-state index is 0.394. The number of carboxylic acid groups (broad SMARTS) is 1. The van der Waals surface area contributed by atoms with Gasteiger partial charge in [-0.3, -0.25) is 0 Å². The molecule has 134 valence electrons. The summed E-state index contributed by atoms with van der Waals surface area (Å²) in [6.45, 7) is 2.31. The van der Waals surface area contributed by atoms with Gasteiger partial charge in [-0.05, 0) is 51.3 Å². The molecule has 0 atom stereocenters. The molecule has 0 rings (SSSR count). The van der Waals surface area contributed by atoms with Gasteiger partial charge < -0.3 is 28.3 Å². The van der Waals surface area contributed by atoms with Crippen molar-refractivity contribution in [3.8, 4) is 0 Å². The summed E-state index contributed by atoms with van der Waals surface area (Å²) in [6.07, 6.45) is 0. The van der Waals surface area contributed by atoms with Crippen molar-refractivity contribution in [3.05, 3.63) is 0 Å². The minimum Gasteiger partial charge on any atom is -0.480 e. The quantitative estimate of drug-likeness (QED) is 0.505. The third-order valence-corrected chi connectivity index (χ3v) is 7.85. The Labute approximate surface area is 141 Å². The Morgan fingerprint density at radius 1 is 0.864 bits per heavy atom. The maximum atomic E-state index is 9.12. The second-order valence-corrected chi connectivity index (χ2v) is 9.36. The van der Waals surface area contributed by atoms with Crippen molar-refractivity contribution in [2.24, 2.45) is 0 Å². The molecule has 0 amide bonds. The van der Waals surface area contributed by atoms with E-state index in [1.807, 2.05) is 27.7 Å². The summed E-state index contributed by atoms with van der Waals surface area (Å²) in [5.41, 5.74) is 0. The second-order valence-electron chi connectivity index (χ2n) is 3.20. The molecular weight excluding hydrogens is 374 g/mol. The topological polar surface area (TPSA) is 104 Å². The Morgan fingerprint density at radius 2 is 1.09 bits per heavy atom. The highest BCUT2D eigenvalue weighted by atomic mass is 32.5. The predicted octanol–water partition coefficient (Wildman–Crippen LogP) is 2.66. The van der Waals surface area contributed by atoms with Gasteiger partial charge in [-0.15, -0.1) is 0 Å². The van der Waals surface area contributed by atoms with Crippen molar-refractivity contribution in [1.82, 2.24) is 0 Å². The Morgan fingerprint density at radius 3 is 1.23 bits per heavy atom. The van der Waals surface area contributed by atoms with Crippen LogP contribution in [0.25, 0.3) is 0 Å². The first-order valence-corrected chi connectivity index (χ1v) is 11.7. The molecule has 0 bridgehead atoms. The van der Waals surface area contributed by atoms with Gasteiger partial charge >= 0.3 is 19.4 Å². The summed E-state index contributed by atoms with van der Waals surface area (Å²) in [7, 11) is 0. The average Bonchev–Trinajstić information content (AvgIpc) is 2.39. The van der Waals surface area contributed by atoms with Crippen LogP contribution in [0.4, 0.5) is 0 Å². The van der Waals surface area contributed by atoms with E-state index in [9.17, 15) is 0 Å². The van der Waals surface area contributed by atoms with Gasteiger partial charge in [0.1, 0.15) is 6.61 Å². The van der Waals surface area contributed by atoms with Crippen LogP contribution in [-0.4, -0.2) is 49.2 Å². The van der Waals surface area contributed by atoms with Gasteiger partial charge in [0.15, 0.2) is 0 Å². The summed E-state index contributed by atoms with van der Waals surface area (Å²) in [4.78, 5) is 9.12. The molecular formula is C10H24O8P2S2. The van der Waals surface area contributed by atoms with E-state index in [-0.39, 0.29) is 0 Å². The van der Waals surface area contributed by atoms with Gasteiger partial charge in [0.25, 0.3) is 0 Å². The molecule has 0 aromatic rings. The third kappa shape index (κ3) is 13.0. The van der Waals surface area contributed by atoms with Gasteiger partial charge in [0, 0.05) is 0 Å². The van der Waals surface area contributed by atoms with Gasteiger partial charge in [-0.25, -0.2) is 9.11 Å². The Kier molecular flexibility index (Phi) is 15.7. The SMILES string of the molecule is CCOP(=S)(OCC)OP(=S)(OCC)OCC.O=C(O)CO. The average molecular weight is 398 g/mol. The van der Waals surface area contributed by atoms with Gasteiger partial charge in [-0.1, -0.05) is 0 Å². The first-order valence-electron chi connectivity index (χ1n) is 6.54. The molecule has 0 aromatic carbocycles. The summed E-state index contributed by atoms with van der Waals surface area (Å²) >= 11 is 10.4. The fourth-order valence-electron chi connectivity index (χ4n) is 0.924. The minimum atomic E-state index is -2.87. The zero-order valence-electron chi connectivity index (χ0n) is 13.1. The van der Waals surface area contributed by atoms with Crippen LogP contribution in [0, 0.1) is 0 Å². The van der Waals surface area contributed by atoms with Crippen molar-refractivity contribution < 1.29 is 37.4 Å².